The topological polar surface area (TPSA) is 125 Å². The van der Waals surface area contributed by atoms with Gasteiger partial charge in [0, 0.05) is 69.5 Å². The van der Waals surface area contributed by atoms with Gasteiger partial charge in [0.05, 0.1) is 44.0 Å². The number of nitrogens with one attached hydrogen (secondary N) is 2. The molecule has 6 rings (SSSR count). The number of hydrogen-bond acceptors (Lipinski definition) is 11. The normalized spacial score (nSPS) is 16.7. The minimum absolute atomic E-state index is 0.285. The maximum atomic E-state index is 13.2. The van der Waals surface area contributed by atoms with Crippen molar-refractivity contribution in [1.29, 1.82) is 0 Å². The molecular weight excluding hydrogens is 508 g/mol. The molecule has 0 radical (unpaired) electrons. The number of ether oxygens (including phenoxy) is 2. The fourth-order valence-corrected chi connectivity index (χ4v) is 5.34. The number of carbonyl (C=O) groups excluding carboxylic acids is 1. The van der Waals surface area contributed by atoms with Crippen LogP contribution in [0.5, 0.6) is 0 Å². The Labute approximate surface area is 223 Å². The van der Waals surface area contributed by atoms with Crippen molar-refractivity contribution in [2.45, 2.75) is 0 Å². The van der Waals surface area contributed by atoms with Crippen LogP contribution < -0.4 is 15.1 Å². The summed E-state index contributed by atoms with van der Waals surface area (Å²) in [6, 6.07) is 4.39. The molecule has 5 heterocycles. The van der Waals surface area contributed by atoms with Crippen molar-refractivity contribution in [3.8, 4) is 10.6 Å². The smallest absolute Gasteiger partial charge is 0.298 e. The molecule has 0 atom stereocenters. The van der Waals surface area contributed by atoms with Crippen LogP contribution in [0.15, 0.2) is 34.3 Å². The lowest BCUT2D eigenvalue weighted by Crippen LogP contribution is -2.40. The lowest BCUT2D eigenvalue weighted by atomic mass is 10.2. The van der Waals surface area contributed by atoms with Crippen molar-refractivity contribution in [1.82, 2.24) is 25.1 Å². The number of amides is 1. The number of nitrogens with zero attached hydrogens (tertiary/aromatic N) is 6. The summed E-state index contributed by atoms with van der Waals surface area (Å²) < 4.78 is 17.1. The van der Waals surface area contributed by atoms with E-state index in [0.29, 0.717) is 36.2 Å². The van der Waals surface area contributed by atoms with Crippen molar-refractivity contribution in [2.24, 2.45) is 0 Å². The maximum absolute atomic E-state index is 13.2. The molecular formula is C25H30N8O4S. The molecule has 2 fully saturated rings. The Bertz CT molecular complexity index is 1380. The zero-order valence-electron chi connectivity index (χ0n) is 21.2. The molecule has 2 aliphatic rings. The third kappa shape index (κ3) is 5.36. The van der Waals surface area contributed by atoms with Gasteiger partial charge >= 0.3 is 0 Å². The maximum Gasteiger partial charge on any atom is 0.298 e. The van der Waals surface area contributed by atoms with Gasteiger partial charge in [-0.05, 0) is 6.07 Å². The first-order valence-corrected chi connectivity index (χ1v) is 13.6. The van der Waals surface area contributed by atoms with Gasteiger partial charge in [-0.25, -0.2) is 4.98 Å². The molecule has 1 amide bonds. The van der Waals surface area contributed by atoms with Crippen molar-refractivity contribution in [2.75, 3.05) is 87.9 Å². The molecule has 4 aromatic rings. The molecule has 13 heteroatoms. The molecule has 2 saturated heterocycles. The van der Waals surface area contributed by atoms with E-state index in [-0.39, 0.29) is 5.91 Å². The molecule has 0 aliphatic carbocycles. The number of aromatic nitrogens is 4. The van der Waals surface area contributed by atoms with E-state index in [2.05, 4.69) is 30.3 Å². The standard InChI is InChI=1S/C25H30N8O4S/c1-31(2-3-32-4-8-35-9-5-32)25-30-19-12-21(33-6-10-36-11-7-33)18(13-22(19)37-25)28-23(34)20-16-38-24(29-20)17-14-26-27-15-17/h12-16H,2-11H2,1H3,(H,26,27)(H,28,34). The van der Waals surface area contributed by atoms with Crippen LogP contribution in [0.4, 0.5) is 17.4 Å². The highest BCUT2D eigenvalue weighted by atomic mass is 32.1. The van der Waals surface area contributed by atoms with Crippen LogP contribution in [0.1, 0.15) is 10.5 Å². The van der Waals surface area contributed by atoms with Gasteiger partial charge in [0.2, 0.25) is 0 Å². The highest BCUT2D eigenvalue weighted by Crippen LogP contribution is 2.34. The number of aromatic amines is 1. The minimum Gasteiger partial charge on any atom is -0.423 e. The number of benzene rings is 1. The van der Waals surface area contributed by atoms with E-state index < -0.39 is 0 Å². The molecule has 0 saturated carbocycles. The minimum atomic E-state index is -0.285. The molecule has 38 heavy (non-hydrogen) atoms. The highest BCUT2D eigenvalue weighted by molar-refractivity contribution is 7.13. The van der Waals surface area contributed by atoms with Gasteiger partial charge in [-0.15, -0.1) is 11.3 Å². The number of rotatable bonds is 8. The number of thiazole rings is 1. The summed E-state index contributed by atoms with van der Waals surface area (Å²) in [7, 11) is 1.98. The van der Waals surface area contributed by atoms with Gasteiger partial charge in [-0.1, -0.05) is 0 Å². The SMILES string of the molecule is CN(CCN1CCOCC1)c1nc2cc(N3CCOCC3)c(NC(=O)c3csc(-c4cn[nH]c4)n3)cc2o1. The number of fused-ring (bicyclic) bond motifs is 1. The average Bonchev–Trinajstić information content (AvgIpc) is 3.73. The molecule has 3 aromatic heterocycles. The number of H-pyrrole nitrogens is 1. The number of morpholine rings is 2. The van der Waals surface area contributed by atoms with Crippen LogP contribution in [-0.2, 0) is 9.47 Å². The number of likely N-dealkylation sites (N-methyl/N-ethyl adjacent to an activating group) is 1. The average molecular weight is 539 g/mol. The molecule has 2 N–H and O–H groups in total. The van der Waals surface area contributed by atoms with Gasteiger partial charge in [0.1, 0.15) is 16.2 Å². The fraction of sp³-hybridized carbons (Fsp3) is 0.440. The molecule has 12 nitrogen and oxygen atoms in total. The number of oxazole rings is 1. The largest absolute Gasteiger partial charge is 0.423 e. The summed E-state index contributed by atoms with van der Waals surface area (Å²) in [4.78, 5) is 29.1. The summed E-state index contributed by atoms with van der Waals surface area (Å²) >= 11 is 1.40. The van der Waals surface area contributed by atoms with E-state index >= 15 is 0 Å². The zero-order valence-corrected chi connectivity index (χ0v) is 22.0. The van der Waals surface area contributed by atoms with Gasteiger partial charge in [0.25, 0.3) is 11.9 Å². The van der Waals surface area contributed by atoms with Crippen LogP contribution >= 0.6 is 11.3 Å². The lowest BCUT2D eigenvalue weighted by Gasteiger charge is -2.30. The molecule has 200 valence electrons. The second kappa shape index (κ2) is 11.1. The Morgan fingerprint density at radius 3 is 2.68 bits per heavy atom. The van der Waals surface area contributed by atoms with Crippen molar-refractivity contribution in [3.05, 3.63) is 35.6 Å². The molecule has 2 aliphatic heterocycles. The van der Waals surface area contributed by atoms with Crippen LogP contribution in [0.3, 0.4) is 0 Å². The van der Waals surface area contributed by atoms with Gasteiger partial charge < -0.3 is 29.0 Å². The van der Waals surface area contributed by atoms with Crippen LogP contribution in [0.25, 0.3) is 21.7 Å². The molecule has 0 unspecified atom stereocenters. The van der Waals surface area contributed by atoms with Crippen molar-refractivity contribution < 1.29 is 18.7 Å². The Morgan fingerprint density at radius 2 is 1.92 bits per heavy atom. The van der Waals surface area contributed by atoms with E-state index in [9.17, 15) is 4.79 Å². The van der Waals surface area contributed by atoms with Crippen LogP contribution in [0.2, 0.25) is 0 Å². The zero-order chi connectivity index (χ0) is 25.9. The molecule has 0 spiro atoms. The van der Waals surface area contributed by atoms with Gasteiger partial charge in [0.15, 0.2) is 5.58 Å². The van der Waals surface area contributed by atoms with E-state index in [1.807, 2.05) is 24.1 Å². The van der Waals surface area contributed by atoms with E-state index in [4.69, 9.17) is 18.9 Å². The highest BCUT2D eigenvalue weighted by Gasteiger charge is 2.22. The van der Waals surface area contributed by atoms with E-state index in [1.54, 1.807) is 17.8 Å². The second-order valence-electron chi connectivity index (χ2n) is 9.29. The number of hydrogen-bond donors (Lipinski definition) is 2. The number of carbonyl (C=O) groups is 1. The number of anilines is 3. The van der Waals surface area contributed by atoms with Crippen LogP contribution in [0, 0.1) is 0 Å². The van der Waals surface area contributed by atoms with Gasteiger partial charge in [-0.3, -0.25) is 14.8 Å². The quantitative estimate of drug-likeness (QED) is 0.346. The first-order valence-electron chi connectivity index (χ1n) is 12.7. The Kier molecular flexibility index (Phi) is 7.22. The third-order valence-corrected chi connectivity index (χ3v) is 7.65. The van der Waals surface area contributed by atoms with E-state index in [1.165, 1.54) is 11.3 Å². The lowest BCUT2D eigenvalue weighted by molar-refractivity contribution is 0.0392. The first kappa shape index (κ1) is 24.8. The van der Waals surface area contributed by atoms with Crippen molar-refractivity contribution in [3.63, 3.8) is 0 Å². The van der Waals surface area contributed by atoms with Crippen molar-refractivity contribution >= 4 is 45.7 Å². The fourth-order valence-electron chi connectivity index (χ4n) is 4.56. The molecule has 0 bridgehead atoms. The summed E-state index contributed by atoms with van der Waals surface area (Å²) in [6.45, 7) is 7.82. The monoisotopic (exact) mass is 538 g/mol. The Morgan fingerprint density at radius 1 is 1.13 bits per heavy atom. The Hall–Kier alpha value is -3.52. The predicted octanol–water partition coefficient (Wildman–Crippen LogP) is 2.53. The second-order valence-corrected chi connectivity index (χ2v) is 10.1. The summed E-state index contributed by atoms with van der Waals surface area (Å²) in [5.41, 5.74) is 4.09. The first-order chi connectivity index (χ1) is 18.6. The summed E-state index contributed by atoms with van der Waals surface area (Å²) in [5, 5.41) is 12.3. The molecule has 1 aromatic carbocycles. The van der Waals surface area contributed by atoms with Gasteiger partial charge in [-0.2, -0.15) is 10.1 Å². The van der Waals surface area contributed by atoms with Crippen LogP contribution in [-0.4, -0.2) is 104 Å². The van der Waals surface area contributed by atoms with E-state index in [0.717, 1.165) is 74.3 Å². The predicted molar refractivity (Wildman–Crippen MR) is 145 cm³/mol. The Balaban J connectivity index is 1.24. The third-order valence-electron chi connectivity index (χ3n) is 6.76. The summed E-state index contributed by atoms with van der Waals surface area (Å²) in [5.74, 6) is -0.285. The summed E-state index contributed by atoms with van der Waals surface area (Å²) in [6.07, 6.45) is 3.44.